The van der Waals surface area contributed by atoms with Crippen molar-refractivity contribution in [1.29, 1.82) is 0 Å². The molecule has 138 valence electrons. The summed E-state index contributed by atoms with van der Waals surface area (Å²) >= 11 is 0. The molecule has 0 N–H and O–H groups in total. The molecule has 2 amide bonds. The Morgan fingerprint density at radius 1 is 1.24 bits per heavy atom. The minimum atomic E-state index is -0.593. The Bertz CT molecular complexity index is 590. The number of allylic oxidation sites excluding steroid dienone is 3. The molecule has 7 nitrogen and oxygen atoms in total. The highest BCUT2D eigenvalue weighted by atomic mass is 16.5. The van der Waals surface area contributed by atoms with Crippen LogP contribution in [0.4, 0.5) is 0 Å². The fourth-order valence-corrected chi connectivity index (χ4v) is 2.39. The van der Waals surface area contributed by atoms with E-state index in [4.69, 9.17) is 4.74 Å². The third-order valence-corrected chi connectivity index (χ3v) is 3.66. The Morgan fingerprint density at radius 2 is 1.96 bits per heavy atom. The van der Waals surface area contributed by atoms with E-state index in [1.54, 1.807) is 6.92 Å². The topological polar surface area (TPSA) is 90.0 Å². The van der Waals surface area contributed by atoms with Gasteiger partial charge in [-0.2, -0.15) is 0 Å². The number of rotatable bonds is 9. The number of amides is 2. The number of hydrogen-bond donors (Lipinski definition) is 0. The Kier molecular flexibility index (Phi) is 8.77. The average molecular weight is 351 g/mol. The van der Waals surface area contributed by atoms with Crippen LogP contribution in [0.3, 0.4) is 0 Å². The van der Waals surface area contributed by atoms with Crippen molar-refractivity contribution in [1.82, 2.24) is 4.90 Å². The van der Waals surface area contributed by atoms with Crippen LogP contribution in [0.1, 0.15) is 40.0 Å². The molecular formula is C18H25NO6. The zero-order chi connectivity index (χ0) is 18.8. The number of ketones is 1. The molecule has 0 aromatic heterocycles. The van der Waals surface area contributed by atoms with Crippen LogP contribution in [-0.2, 0) is 28.7 Å². The Hall–Kier alpha value is -2.28. The summed E-state index contributed by atoms with van der Waals surface area (Å²) in [5.41, 5.74) is 1.48. The molecule has 1 aliphatic carbocycles. The highest BCUT2D eigenvalue weighted by molar-refractivity contribution is 6.04. The molecule has 1 aliphatic rings. The fraction of sp³-hybridized carbons (Fsp3) is 0.556. The van der Waals surface area contributed by atoms with Gasteiger partial charge in [-0.25, -0.2) is 0 Å². The Balaban J connectivity index is 2.48. The molecule has 0 radical (unpaired) electrons. The zero-order valence-corrected chi connectivity index (χ0v) is 15.0. The van der Waals surface area contributed by atoms with E-state index in [1.165, 1.54) is 6.92 Å². The normalized spacial score (nSPS) is 13.6. The standard InChI is InChI=1S/C18H25NO6/c1-4-25-17(22)11-15(21)12-24-10-9-19(14(3)20)18(23)16-8-6-5-7-13(16)2/h5,7H,4,6,8-12H2,1-3H3. The van der Waals surface area contributed by atoms with Crippen LogP contribution in [0.5, 0.6) is 0 Å². The second-order valence-electron chi connectivity index (χ2n) is 5.65. The lowest BCUT2D eigenvalue weighted by molar-refractivity contribution is -0.146. The quantitative estimate of drug-likeness (QED) is 0.356. The zero-order valence-electron chi connectivity index (χ0n) is 15.0. The van der Waals surface area contributed by atoms with Crippen molar-refractivity contribution in [3.05, 3.63) is 23.3 Å². The third kappa shape index (κ3) is 7.01. The minimum absolute atomic E-state index is 0.0298. The van der Waals surface area contributed by atoms with E-state index in [-0.39, 0.29) is 44.6 Å². The molecule has 0 heterocycles. The summed E-state index contributed by atoms with van der Waals surface area (Å²) in [5, 5.41) is 0. The summed E-state index contributed by atoms with van der Waals surface area (Å²) in [5.74, 6) is -1.70. The average Bonchev–Trinajstić information content (AvgIpc) is 2.54. The summed E-state index contributed by atoms with van der Waals surface area (Å²) in [6.45, 7) is 4.86. The van der Waals surface area contributed by atoms with E-state index < -0.39 is 11.8 Å². The second kappa shape index (κ2) is 10.6. The van der Waals surface area contributed by atoms with E-state index >= 15 is 0 Å². The van der Waals surface area contributed by atoms with E-state index in [0.717, 1.165) is 16.9 Å². The maximum absolute atomic E-state index is 12.5. The van der Waals surface area contributed by atoms with Crippen LogP contribution in [0.2, 0.25) is 0 Å². The van der Waals surface area contributed by atoms with Crippen LogP contribution in [0.25, 0.3) is 0 Å². The van der Waals surface area contributed by atoms with Gasteiger partial charge in [0, 0.05) is 12.5 Å². The van der Waals surface area contributed by atoms with E-state index in [0.29, 0.717) is 12.0 Å². The van der Waals surface area contributed by atoms with Gasteiger partial charge < -0.3 is 9.47 Å². The number of carbonyl (C=O) groups is 4. The predicted octanol–water partition coefficient (Wildman–Crippen LogP) is 1.57. The lowest BCUT2D eigenvalue weighted by Gasteiger charge is -2.22. The molecule has 0 saturated carbocycles. The van der Waals surface area contributed by atoms with Gasteiger partial charge in [-0.05, 0) is 32.3 Å². The molecule has 0 atom stereocenters. The van der Waals surface area contributed by atoms with Gasteiger partial charge in [0.1, 0.15) is 13.0 Å². The highest BCUT2D eigenvalue weighted by Crippen LogP contribution is 2.20. The molecule has 7 heteroatoms. The van der Waals surface area contributed by atoms with Crippen LogP contribution >= 0.6 is 0 Å². The second-order valence-corrected chi connectivity index (χ2v) is 5.65. The molecule has 0 fully saturated rings. The van der Waals surface area contributed by atoms with Crippen molar-refractivity contribution in [3.8, 4) is 0 Å². The number of nitrogens with zero attached hydrogens (tertiary/aromatic N) is 1. The largest absolute Gasteiger partial charge is 0.466 e. The Morgan fingerprint density at radius 3 is 2.56 bits per heavy atom. The van der Waals surface area contributed by atoms with Crippen molar-refractivity contribution >= 4 is 23.6 Å². The van der Waals surface area contributed by atoms with Gasteiger partial charge in [-0.3, -0.25) is 24.1 Å². The summed E-state index contributed by atoms with van der Waals surface area (Å²) in [4.78, 5) is 48.1. The summed E-state index contributed by atoms with van der Waals surface area (Å²) in [7, 11) is 0. The molecule has 0 spiro atoms. The smallest absolute Gasteiger partial charge is 0.313 e. The van der Waals surface area contributed by atoms with Crippen LogP contribution in [0.15, 0.2) is 23.3 Å². The van der Waals surface area contributed by atoms with Gasteiger partial charge >= 0.3 is 5.97 Å². The van der Waals surface area contributed by atoms with Gasteiger partial charge in [0.15, 0.2) is 5.78 Å². The highest BCUT2D eigenvalue weighted by Gasteiger charge is 2.23. The van der Waals surface area contributed by atoms with Crippen molar-refractivity contribution in [3.63, 3.8) is 0 Å². The first kappa shape index (κ1) is 20.8. The Labute approximate surface area is 147 Å². The van der Waals surface area contributed by atoms with Crippen molar-refractivity contribution in [2.24, 2.45) is 0 Å². The van der Waals surface area contributed by atoms with Gasteiger partial charge in [0.05, 0.1) is 19.8 Å². The number of esters is 1. The molecule has 0 aromatic rings. The lowest BCUT2D eigenvalue weighted by atomic mass is 9.97. The number of imide groups is 1. The first-order chi connectivity index (χ1) is 11.9. The number of ether oxygens (including phenoxy) is 2. The molecule has 25 heavy (non-hydrogen) atoms. The molecule has 0 bridgehead atoms. The van der Waals surface area contributed by atoms with Gasteiger partial charge in [0.25, 0.3) is 5.91 Å². The minimum Gasteiger partial charge on any atom is -0.466 e. The molecule has 0 saturated heterocycles. The van der Waals surface area contributed by atoms with Crippen molar-refractivity contribution in [2.75, 3.05) is 26.4 Å². The van der Waals surface area contributed by atoms with Crippen LogP contribution in [-0.4, -0.2) is 54.8 Å². The lowest BCUT2D eigenvalue weighted by Crippen LogP contribution is -2.39. The van der Waals surface area contributed by atoms with Crippen LogP contribution in [0, 0.1) is 0 Å². The van der Waals surface area contributed by atoms with Gasteiger partial charge in [0.2, 0.25) is 5.91 Å². The summed E-state index contributed by atoms with van der Waals surface area (Å²) in [6.07, 6.45) is 4.89. The first-order valence-corrected chi connectivity index (χ1v) is 8.30. The summed E-state index contributed by atoms with van der Waals surface area (Å²) < 4.78 is 9.86. The molecular weight excluding hydrogens is 326 g/mol. The SMILES string of the molecule is CCOC(=O)CC(=O)COCCN(C(C)=O)C(=O)C1=C(C)C=CCC1. The van der Waals surface area contributed by atoms with E-state index in [1.807, 2.05) is 19.1 Å². The first-order valence-electron chi connectivity index (χ1n) is 8.30. The van der Waals surface area contributed by atoms with E-state index in [2.05, 4.69) is 4.74 Å². The number of hydrogen-bond acceptors (Lipinski definition) is 6. The number of carbonyl (C=O) groups excluding carboxylic acids is 4. The van der Waals surface area contributed by atoms with Crippen molar-refractivity contribution in [2.45, 2.75) is 40.0 Å². The monoisotopic (exact) mass is 351 g/mol. The van der Waals surface area contributed by atoms with Crippen molar-refractivity contribution < 1.29 is 28.7 Å². The maximum atomic E-state index is 12.5. The maximum Gasteiger partial charge on any atom is 0.313 e. The number of Topliss-reactive ketones (excluding diaryl/α,β-unsaturated/α-hetero) is 1. The molecule has 0 unspecified atom stereocenters. The molecule has 0 aromatic carbocycles. The molecule has 0 aliphatic heterocycles. The fourth-order valence-electron chi connectivity index (χ4n) is 2.39. The van der Waals surface area contributed by atoms with Gasteiger partial charge in [-0.15, -0.1) is 0 Å². The third-order valence-electron chi connectivity index (χ3n) is 3.66. The van der Waals surface area contributed by atoms with Crippen LogP contribution < -0.4 is 0 Å². The van der Waals surface area contributed by atoms with E-state index in [9.17, 15) is 19.2 Å². The predicted molar refractivity (Wildman–Crippen MR) is 90.5 cm³/mol. The van der Waals surface area contributed by atoms with Gasteiger partial charge in [-0.1, -0.05) is 12.2 Å². The molecule has 1 rings (SSSR count). The summed E-state index contributed by atoms with van der Waals surface area (Å²) in [6, 6.07) is 0.